The van der Waals surface area contributed by atoms with Crippen molar-refractivity contribution in [1.29, 1.82) is 0 Å². The minimum Gasteiger partial charge on any atom is -0.332 e. The number of nitrogens with zero attached hydrogens (tertiary/aromatic N) is 2. The lowest BCUT2D eigenvalue weighted by Gasteiger charge is -2.11. The molecule has 5 nitrogen and oxygen atoms in total. The zero-order chi connectivity index (χ0) is 17.0. The number of hydrogen-bond acceptors (Lipinski definition) is 2. The molecular formula is C14H14BrF3N4O. The fourth-order valence-electron chi connectivity index (χ4n) is 1.95. The van der Waals surface area contributed by atoms with Crippen molar-refractivity contribution in [3.8, 4) is 0 Å². The molecule has 2 N–H and O–H groups in total. The smallest absolute Gasteiger partial charge is 0.332 e. The van der Waals surface area contributed by atoms with E-state index >= 15 is 0 Å². The van der Waals surface area contributed by atoms with Crippen molar-refractivity contribution >= 4 is 27.6 Å². The SMILES string of the molecule is CCn1ncc(Br)c1CNC(=O)Nc1cccc(C(F)(F)F)c1. The fraction of sp³-hybridized carbons (Fsp3) is 0.286. The third kappa shape index (κ3) is 4.47. The van der Waals surface area contributed by atoms with Gasteiger partial charge in [0.05, 0.1) is 28.5 Å². The van der Waals surface area contributed by atoms with Crippen molar-refractivity contribution in [3.05, 3.63) is 46.2 Å². The van der Waals surface area contributed by atoms with Crippen LogP contribution in [0.25, 0.3) is 0 Å². The first-order chi connectivity index (χ1) is 10.8. The summed E-state index contributed by atoms with van der Waals surface area (Å²) < 4.78 is 40.3. The number of carbonyl (C=O) groups excluding carboxylic acids is 1. The quantitative estimate of drug-likeness (QED) is 0.828. The summed E-state index contributed by atoms with van der Waals surface area (Å²) in [6.45, 7) is 2.74. The number of benzene rings is 1. The van der Waals surface area contributed by atoms with E-state index in [0.717, 1.165) is 22.3 Å². The molecular weight excluding hydrogens is 377 g/mol. The van der Waals surface area contributed by atoms with E-state index in [9.17, 15) is 18.0 Å². The van der Waals surface area contributed by atoms with Crippen LogP contribution in [0.5, 0.6) is 0 Å². The molecule has 1 aromatic carbocycles. The number of urea groups is 1. The van der Waals surface area contributed by atoms with Crippen LogP contribution in [0.3, 0.4) is 0 Å². The summed E-state index contributed by atoms with van der Waals surface area (Å²) >= 11 is 3.33. The van der Waals surface area contributed by atoms with Gasteiger partial charge < -0.3 is 10.6 Å². The summed E-state index contributed by atoms with van der Waals surface area (Å²) in [5.41, 5.74) is 0.0224. The number of anilines is 1. The van der Waals surface area contributed by atoms with Crippen molar-refractivity contribution in [2.45, 2.75) is 26.2 Å². The van der Waals surface area contributed by atoms with E-state index in [0.29, 0.717) is 6.54 Å². The Bertz CT molecular complexity index is 700. The minimum atomic E-state index is -4.45. The number of halogens is 4. The number of aromatic nitrogens is 2. The molecule has 2 aromatic rings. The lowest BCUT2D eigenvalue weighted by atomic mass is 10.2. The van der Waals surface area contributed by atoms with Gasteiger partial charge in [0.15, 0.2) is 0 Å². The van der Waals surface area contributed by atoms with Crippen LogP contribution in [0.15, 0.2) is 34.9 Å². The van der Waals surface area contributed by atoms with Crippen molar-refractivity contribution < 1.29 is 18.0 Å². The third-order valence-electron chi connectivity index (χ3n) is 3.06. The molecule has 1 heterocycles. The molecule has 2 rings (SSSR count). The zero-order valence-electron chi connectivity index (χ0n) is 12.1. The summed E-state index contributed by atoms with van der Waals surface area (Å²) in [4.78, 5) is 11.8. The fourth-order valence-corrected chi connectivity index (χ4v) is 2.39. The van der Waals surface area contributed by atoms with Crippen LogP contribution in [-0.2, 0) is 19.3 Å². The largest absolute Gasteiger partial charge is 0.416 e. The molecule has 0 spiro atoms. The van der Waals surface area contributed by atoms with E-state index < -0.39 is 17.8 Å². The van der Waals surface area contributed by atoms with Gasteiger partial charge in [-0.3, -0.25) is 4.68 Å². The first-order valence-electron chi connectivity index (χ1n) is 6.73. The maximum atomic E-state index is 12.6. The molecule has 0 aliphatic carbocycles. The molecule has 0 aliphatic heterocycles. The number of amides is 2. The van der Waals surface area contributed by atoms with E-state index in [1.807, 2.05) is 6.92 Å². The van der Waals surface area contributed by atoms with E-state index in [1.54, 1.807) is 10.9 Å². The van der Waals surface area contributed by atoms with Gasteiger partial charge in [0.1, 0.15) is 0 Å². The predicted molar refractivity (Wildman–Crippen MR) is 82.9 cm³/mol. The van der Waals surface area contributed by atoms with Gasteiger partial charge in [-0.05, 0) is 41.1 Å². The Kier molecular flexibility index (Phi) is 5.30. The Hall–Kier alpha value is -2.03. The lowest BCUT2D eigenvalue weighted by Crippen LogP contribution is -2.29. The average molecular weight is 391 g/mol. The molecule has 9 heteroatoms. The number of rotatable bonds is 4. The van der Waals surface area contributed by atoms with Crippen molar-refractivity contribution in [2.24, 2.45) is 0 Å². The number of hydrogen-bond donors (Lipinski definition) is 2. The maximum absolute atomic E-state index is 12.6. The summed E-state index contributed by atoms with van der Waals surface area (Å²) in [5.74, 6) is 0. The predicted octanol–water partition coefficient (Wildman–Crippen LogP) is 4.01. The van der Waals surface area contributed by atoms with Crippen LogP contribution in [0.4, 0.5) is 23.7 Å². The maximum Gasteiger partial charge on any atom is 0.416 e. The summed E-state index contributed by atoms with van der Waals surface area (Å²) in [5, 5.41) is 9.07. The molecule has 23 heavy (non-hydrogen) atoms. The van der Waals surface area contributed by atoms with E-state index in [2.05, 4.69) is 31.7 Å². The van der Waals surface area contributed by atoms with E-state index in [4.69, 9.17) is 0 Å². The molecule has 0 atom stereocenters. The number of carbonyl (C=O) groups is 1. The van der Waals surface area contributed by atoms with Crippen molar-refractivity contribution in [2.75, 3.05) is 5.32 Å². The second-order valence-corrected chi connectivity index (χ2v) is 5.50. The number of aryl methyl sites for hydroxylation is 1. The van der Waals surface area contributed by atoms with Crippen molar-refractivity contribution in [1.82, 2.24) is 15.1 Å². The minimum absolute atomic E-state index is 0.0698. The molecule has 1 aromatic heterocycles. The van der Waals surface area contributed by atoms with Gasteiger partial charge >= 0.3 is 12.2 Å². The van der Waals surface area contributed by atoms with Crippen molar-refractivity contribution in [3.63, 3.8) is 0 Å². The van der Waals surface area contributed by atoms with Gasteiger partial charge in [0.2, 0.25) is 0 Å². The molecule has 0 aliphatic rings. The van der Waals surface area contributed by atoms with Gasteiger partial charge in [-0.15, -0.1) is 0 Å². The van der Waals surface area contributed by atoms with Crippen LogP contribution in [0, 0.1) is 0 Å². The first kappa shape index (κ1) is 17.3. The number of alkyl halides is 3. The van der Waals surface area contributed by atoms with Crippen LogP contribution < -0.4 is 10.6 Å². The highest BCUT2D eigenvalue weighted by Gasteiger charge is 2.30. The highest BCUT2D eigenvalue weighted by molar-refractivity contribution is 9.10. The van der Waals surface area contributed by atoms with Gasteiger partial charge in [-0.25, -0.2) is 4.79 Å². The van der Waals surface area contributed by atoms with Gasteiger partial charge in [0.25, 0.3) is 0 Å². The molecule has 2 amide bonds. The Balaban J connectivity index is 1.99. The van der Waals surface area contributed by atoms with Gasteiger partial charge in [-0.2, -0.15) is 18.3 Å². The molecule has 0 bridgehead atoms. The van der Waals surface area contributed by atoms with Gasteiger partial charge in [-0.1, -0.05) is 6.07 Å². The normalized spacial score (nSPS) is 11.3. The summed E-state index contributed by atoms with van der Waals surface area (Å²) in [6, 6.07) is 3.86. The Labute approximate surface area is 139 Å². The van der Waals surface area contributed by atoms with Crippen LogP contribution in [0.1, 0.15) is 18.2 Å². The monoisotopic (exact) mass is 390 g/mol. The second-order valence-electron chi connectivity index (χ2n) is 4.64. The highest BCUT2D eigenvalue weighted by atomic mass is 79.9. The first-order valence-corrected chi connectivity index (χ1v) is 7.53. The highest BCUT2D eigenvalue weighted by Crippen LogP contribution is 2.30. The van der Waals surface area contributed by atoms with Gasteiger partial charge in [0, 0.05) is 12.2 Å². The number of nitrogens with one attached hydrogen (secondary N) is 2. The molecule has 0 saturated carbocycles. The molecule has 124 valence electrons. The van der Waals surface area contributed by atoms with E-state index in [1.165, 1.54) is 12.1 Å². The van der Waals surface area contributed by atoms with E-state index in [-0.39, 0.29) is 12.2 Å². The Morgan fingerprint density at radius 3 is 2.78 bits per heavy atom. The standard InChI is InChI=1S/C14H14BrF3N4O/c1-2-22-12(11(15)7-20-22)8-19-13(23)21-10-5-3-4-9(6-10)14(16,17)18/h3-7H,2,8H2,1H3,(H2,19,21,23). The topological polar surface area (TPSA) is 59.0 Å². The summed E-state index contributed by atoms with van der Waals surface area (Å²) in [7, 11) is 0. The summed E-state index contributed by atoms with van der Waals surface area (Å²) in [6.07, 6.45) is -2.84. The molecule has 0 saturated heterocycles. The molecule has 0 unspecified atom stereocenters. The zero-order valence-corrected chi connectivity index (χ0v) is 13.7. The van der Waals surface area contributed by atoms with Crippen LogP contribution in [0.2, 0.25) is 0 Å². The molecule has 0 fully saturated rings. The van der Waals surface area contributed by atoms with Crippen LogP contribution >= 0.6 is 15.9 Å². The lowest BCUT2D eigenvalue weighted by molar-refractivity contribution is -0.137. The molecule has 0 radical (unpaired) electrons. The third-order valence-corrected chi connectivity index (χ3v) is 3.72. The average Bonchev–Trinajstić information content (AvgIpc) is 2.85. The Morgan fingerprint density at radius 2 is 2.13 bits per heavy atom. The van der Waals surface area contributed by atoms with Crippen LogP contribution in [-0.4, -0.2) is 15.8 Å². The second kappa shape index (κ2) is 7.03. The Morgan fingerprint density at radius 1 is 1.39 bits per heavy atom.